The van der Waals surface area contributed by atoms with Crippen LogP contribution in [-0.2, 0) is 19.1 Å². The minimum Gasteiger partial charge on any atom is -0.465 e. The highest BCUT2D eigenvalue weighted by Gasteiger charge is 2.26. The molecule has 1 saturated carbocycles. The minimum atomic E-state index is -0.490. The Bertz CT molecular complexity index is 441. The van der Waals surface area contributed by atoms with Gasteiger partial charge in [-0.2, -0.15) is 0 Å². The summed E-state index contributed by atoms with van der Waals surface area (Å²) in [7, 11) is 0. The number of esters is 1. The SMILES string of the molecule is CCC1CCCC[C@@H]1COC(=O)CC1=CC(=O)NC1=O. The van der Waals surface area contributed by atoms with Crippen molar-refractivity contribution in [2.45, 2.75) is 45.4 Å². The van der Waals surface area contributed by atoms with E-state index in [2.05, 4.69) is 12.2 Å². The zero-order valence-electron chi connectivity index (χ0n) is 11.8. The van der Waals surface area contributed by atoms with Crippen LogP contribution in [0.3, 0.4) is 0 Å². The van der Waals surface area contributed by atoms with Gasteiger partial charge in [-0.15, -0.1) is 0 Å². The van der Waals surface area contributed by atoms with Crippen LogP contribution < -0.4 is 5.32 Å². The molecule has 5 heteroatoms. The molecule has 2 amide bonds. The topological polar surface area (TPSA) is 72.5 Å². The largest absolute Gasteiger partial charge is 0.465 e. The van der Waals surface area contributed by atoms with Crippen molar-refractivity contribution in [1.82, 2.24) is 5.32 Å². The molecule has 1 aliphatic carbocycles. The summed E-state index contributed by atoms with van der Waals surface area (Å²) < 4.78 is 5.29. The van der Waals surface area contributed by atoms with Crippen LogP contribution in [0.4, 0.5) is 0 Å². The lowest BCUT2D eigenvalue weighted by atomic mass is 9.78. The van der Waals surface area contributed by atoms with Crippen molar-refractivity contribution >= 4 is 17.8 Å². The predicted octanol–water partition coefficient (Wildman–Crippen LogP) is 1.72. The van der Waals surface area contributed by atoms with E-state index in [0.29, 0.717) is 18.4 Å². The van der Waals surface area contributed by atoms with Gasteiger partial charge < -0.3 is 4.74 Å². The fourth-order valence-electron chi connectivity index (χ4n) is 3.03. The van der Waals surface area contributed by atoms with Crippen LogP contribution in [0.25, 0.3) is 0 Å². The molecule has 0 radical (unpaired) electrons. The molecule has 1 heterocycles. The number of imide groups is 1. The molecule has 0 spiro atoms. The second kappa shape index (κ2) is 6.68. The fraction of sp³-hybridized carbons (Fsp3) is 0.667. The van der Waals surface area contributed by atoms with Crippen molar-refractivity contribution < 1.29 is 19.1 Å². The first-order valence-corrected chi connectivity index (χ1v) is 7.31. The second-order valence-electron chi connectivity index (χ2n) is 5.56. The third-order valence-corrected chi connectivity index (χ3v) is 4.22. The third-order valence-electron chi connectivity index (χ3n) is 4.22. The number of amides is 2. The van der Waals surface area contributed by atoms with E-state index in [-0.39, 0.29) is 12.0 Å². The highest BCUT2D eigenvalue weighted by Crippen LogP contribution is 2.32. The molecule has 0 aromatic carbocycles. The molecular formula is C15H21NO4. The lowest BCUT2D eigenvalue weighted by Gasteiger charge is -2.30. The number of rotatable bonds is 5. The van der Waals surface area contributed by atoms with Gasteiger partial charge in [0.15, 0.2) is 0 Å². The van der Waals surface area contributed by atoms with E-state index >= 15 is 0 Å². The predicted molar refractivity (Wildman–Crippen MR) is 72.5 cm³/mol. The number of hydrogen-bond acceptors (Lipinski definition) is 4. The Labute approximate surface area is 118 Å². The summed E-state index contributed by atoms with van der Waals surface area (Å²) in [5, 5.41) is 2.12. The Balaban J connectivity index is 1.79. The van der Waals surface area contributed by atoms with Gasteiger partial charge in [-0.25, -0.2) is 0 Å². The highest BCUT2D eigenvalue weighted by atomic mass is 16.5. The standard InChI is InChI=1S/C15H21NO4/c1-2-10-5-3-4-6-11(10)9-20-14(18)8-12-7-13(17)16-15(12)19/h7,10-11H,2-6,8-9H2,1H3,(H,16,17,19)/t10?,11-/m1/s1. The van der Waals surface area contributed by atoms with Crippen molar-refractivity contribution in [3.05, 3.63) is 11.6 Å². The first-order valence-electron chi connectivity index (χ1n) is 7.31. The average Bonchev–Trinajstić information content (AvgIpc) is 2.75. The van der Waals surface area contributed by atoms with E-state index in [1.807, 2.05) is 0 Å². The molecule has 0 saturated heterocycles. The van der Waals surface area contributed by atoms with E-state index in [1.165, 1.54) is 25.3 Å². The molecule has 1 fully saturated rings. The van der Waals surface area contributed by atoms with Crippen LogP contribution in [0.1, 0.15) is 45.4 Å². The quantitative estimate of drug-likeness (QED) is 0.614. The average molecular weight is 279 g/mol. The lowest BCUT2D eigenvalue weighted by molar-refractivity contribution is -0.145. The molecule has 0 aromatic rings. The molecule has 110 valence electrons. The van der Waals surface area contributed by atoms with Gasteiger partial charge in [0.05, 0.1) is 13.0 Å². The summed E-state index contributed by atoms with van der Waals surface area (Å²) >= 11 is 0. The maximum atomic E-state index is 11.7. The second-order valence-corrected chi connectivity index (χ2v) is 5.56. The Morgan fingerprint density at radius 1 is 1.30 bits per heavy atom. The highest BCUT2D eigenvalue weighted by molar-refractivity contribution is 6.17. The Hall–Kier alpha value is -1.65. The number of carbonyl (C=O) groups is 3. The van der Waals surface area contributed by atoms with Crippen LogP contribution >= 0.6 is 0 Å². The Kier molecular flexibility index (Phi) is 4.93. The first kappa shape index (κ1) is 14.8. The summed E-state index contributed by atoms with van der Waals surface area (Å²) in [5.74, 6) is -0.313. The number of ether oxygens (including phenoxy) is 1. The summed E-state index contributed by atoms with van der Waals surface area (Å²) in [6, 6.07) is 0. The maximum absolute atomic E-state index is 11.7. The molecule has 0 bridgehead atoms. The van der Waals surface area contributed by atoms with Gasteiger partial charge in [0.1, 0.15) is 0 Å². The number of hydrogen-bond donors (Lipinski definition) is 1. The van der Waals surface area contributed by atoms with Crippen LogP contribution in [0, 0.1) is 11.8 Å². The third kappa shape index (κ3) is 3.68. The van der Waals surface area contributed by atoms with E-state index < -0.39 is 17.8 Å². The molecule has 1 aliphatic heterocycles. The van der Waals surface area contributed by atoms with Gasteiger partial charge in [0, 0.05) is 11.6 Å². The molecule has 1 unspecified atom stereocenters. The van der Waals surface area contributed by atoms with Gasteiger partial charge in [-0.3, -0.25) is 19.7 Å². The zero-order chi connectivity index (χ0) is 14.5. The fourth-order valence-corrected chi connectivity index (χ4v) is 3.03. The van der Waals surface area contributed by atoms with Crippen molar-refractivity contribution in [3.63, 3.8) is 0 Å². The molecule has 2 rings (SSSR count). The van der Waals surface area contributed by atoms with Crippen LogP contribution in [-0.4, -0.2) is 24.4 Å². The first-order chi connectivity index (χ1) is 9.60. The van der Waals surface area contributed by atoms with Crippen LogP contribution in [0.15, 0.2) is 11.6 Å². The number of nitrogens with one attached hydrogen (secondary N) is 1. The molecule has 5 nitrogen and oxygen atoms in total. The van der Waals surface area contributed by atoms with Gasteiger partial charge in [0.2, 0.25) is 0 Å². The molecule has 0 aromatic heterocycles. The van der Waals surface area contributed by atoms with Gasteiger partial charge in [0.25, 0.3) is 11.8 Å². The van der Waals surface area contributed by atoms with Crippen LogP contribution in [0.5, 0.6) is 0 Å². The lowest BCUT2D eigenvalue weighted by Crippen LogP contribution is -2.26. The van der Waals surface area contributed by atoms with E-state index in [4.69, 9.17) is 4.74 Å². The summed E-state index contributed by atoms with van der Waals surface area (Å²) in [6.07, 6.45) is 6.93. The summed E-state index contributed by atoms with van der Waals surface area (Å²) in [5.41, 5.74) is 0.190. The van der Waals surface area contributed by atoms with E-state index in [1.54, 1.807) is 0 Å². The maximum Gasteiger partial charge on any atom is 0.310 e. The Morgan fingerprint density at radius 3 is 2.60 bits per heavy atom. The normalized spacial score (nSPS) is 26.1. The van der Waals surface area contributed by atoms with Gasteiger partial charge in [-0.1, -0.05) is 32.6 Å². The summed E-state index contributed by atoms with van der Waals surface area (Å²) in [4.78, 5) is 34.0. The molecule has 2 atom stereocenters. The van der Waals surface area contributed by atoms with E-state index in [0.717, 1.165) is 12.8 Å². The smallest absolute Gasteiger partial charge is 0.310 e. The Morgan fingerprint density at radius 2 is 2.00 bits per heavy atom. The van der Waals surface area contributed by atoms with Crippen molar-refractivity contribution in [2.24, 2.45) is 11.8 Å². The molecule has 20 heavy (non-hydrogen) atoms. The van der Waals surface area contributed by atoms with Gasteiger partial charge >= 0.3 is 5.97 Å². The zero-order valence-corrected chi connectivity index (χ0v) is 11.8. The number of carbonyl (C=O) groups excluding carboxylic acids is 3. The van der Waals surface area contributed by atoms with E-state index in [9.17, 15) is 14.4 Å². The van der Waals surface area contributed by atoms with Crippen molar-refractivity contribution in [3.8, 4) is 0 Å². The van der Waals surface area contributed by atoms with Crippen molar-refractivity contribution in [1.29, 1.82) is 0 Å². The molecule has 2 aliphatic rings. The van der Waals surface area contributed by atoms with Gasteiger partial charge in [-0.05, 0) is 18.3 Å². The van der Waals surface area contributed by atoms with Crippen molar-refractivity contribution in [2.75, 3.05) is 6.61 Å². The monoisotopic (exact) mass is 279 g/mol. The molecule has 1 N–H and O–H groups in total. The molecular weight excluding hydrogens is 258 g/mol. The van der Waals surface area contributed by atoms with Crippen LogP contribution in [0.2, 0.25) is 0 Å². The minimum absolute atomic E-state index is 0.124. The summed E-state index contributed by atoms with van der Waals surface area (Å²) in [6.45, 7) is 2.60.